The Hall–Kier alpha value is -3.43. The fourth-order valence-electron chi connectivity index (χ4n) is 4.23. The second kappa shape index (κ2) is 6.57. The Balaban J connectivity index is 1.63. The van der Waals surface area contributed by atoms with Crippen LogP contribution < -0.4 is 0 Å². The third-order valence-electron chi connectivity index (χ3n) is 5.54. The molecule has 0 unspecified atom stereocenters. The van der Waals surface area contributed by atoms with Gasteiger partial charge in [-0.1, -0.05) is 78.9 Å². The fraction of sp³-hybridized carbons (Fsp3) is 0.0385. The third-order valence-corrected chi connectivity index (χ3v) is 6.73. The van der Waals surface area contributed by atoms with Crippen LogP contribution in [0.15, 0.2) is 96.0 Å². The number of aromatic nitrogens is 1. The number of hydrogen-bond donors (Lipinski definition) is 0. The molecule has 0 fully saturated rings. The minimum atomic E-state index is 0.603. The number of rotatable bonds is 3. The van der Waals surface area contributed by atoms with Gasteiger partial charge in [0.25, 0.3) is 0 Å². The first-order chi connectivity index (χ1) is 14.4. The summed E-state index contributed by atoms with van der Waals surface area (Å²) in [4.78, 5) is 4.79. The average molecular weight is 391 g/mol. The average Bonchev–Trinajstić information content (AvgIpc) is 3.31. The van der Waals surface area contributed by atoms with Crippen molar-refractivity contribution in [2.75, 3.05) is 0 Å². The second-order valence-electron chi connectivity index (χ2n) is 7.25. The summed E-state index contributed by atoms with van der Waals surface area (Å²) in [5.74, 6) is 0. The van der Waals surface area contributed by atoms with Gasteiger partial charge in [-0.25, -0.2) is 0 Å². The maximum Gasteiger partial charge on any atom is 0.115 e. The highest BCUT2D eigenvalue weighted by Crippen LogP contribution is 2.41. The van der Waals surface area contributed by atoms with Gasteiger partial charge in [-0.15, -0.1) is 11.3 Å². The molecule has 0 spiro atoms. The third kappa shape index (κ3) is 2.59. The summed E-state index contributed by atoms with van der Waals surface area (Å²) >= 11 is 1.88. The summed E-state index contributed by atoms with van der Waals surface area (Å²) in [5, 5.41) is 5.25. The summed E-state index contributed by atoms with van der Waals surface area (Å²) in [6.45, 7) is 0.603. The zero-order valence-electron chi connectivity index (χ0n) is 15.7. The minimum absolute atomic E-state index is 0.603. The van der Waals surface area contributed by atoms with Gasteiger partial charge in [0.2, 0.25) is 0 Å². The van der Waals surface area contributed by atoms with Gasteiger partial charge >= 0.3 is 0 Å². The molecule has 0 aliphatic carbocycles. The fourth-order valence-corrected chi connectivity index (χ4v) is 5.49. The number of benzene rings is 4. The van der Waals surface area contributed by atoms with Crippen LogP contribution in [0.2, 0.25) is 0 Å². The molecule has 0 bridgehead atoms. The number of hydrogen-bond acceptors (Lipinski definition) is 2. The van der Waals surface area contributed by atoms with Crippen LogP contribution in [0, 0.1) is 0 Å². The Labute approximate surface area is 172 Å². The molecule has 2 heterocycles. The molecule has 0 radical (unpaired) electrons. The predicted molar refractivity (Wildman–Crippen MR) is 126 cm³/mol. The molecule has 29 heavy (non-hydrogen) atoms. The normalized spacial score (nSPS) is 12.1. The summed E-state index contributed by atoms with van der Waals surface area (Å²) in [7, 11) is 0. The van der Waals surface area contributed by atoms with Gasteiger partial charge in [0.05, 0.1) is 15.7 Å². The molecule has 138 valence electrons. The van der Waals surface area contributed by atoms with E-state index >= 15 is 0 Å². The molecular weight excluding hydrogens is 372 g/mol. The lowest BCUT2D eigenvalue weighted by atomic mass is 10.1. The van der Waals surface area contributed by atoms with E-state index in [-0.39, 0.29) is 0 Å². The monoisotopic (exact) mass is 390 g/mol. The van der Waals surface area contributed by atoms with E-state index < -0.39 is 0 Å². The van der Waals surface area contributed by atoms with E-state index in [9.17, 15) is 0 Å². The highest BCUT2D eigenvalue weighted by molar-refractivity contribution is 7.26. The van der Waals surface area contributed by atoms with E-state index in [1.165, 1.54) is 42.0 Å². The first-order valence-corrected chi connectivity index (χ1v) is 10.6. The van der Waals surface area contributed by atoms with Crippen LogP contribution in [0.3, 0.4) is 0 Å². The maximum atomic E-state index is 4.79. The summed E-state index contributed by atoms with van der Waals surface area (Å²) in [5.41, 5.74) is 3.65. The molecule has 0 saturated heterocycles. The quantitative estimate of drug-likeness (QED) is 0.283. The number of para-hydroxylation sites is 1. The van der Waals surface area contributed by atoms with Crippen molar-refractivity contribution in [3.63, 3.8) is 0 Å². The summed E-state index contributed by atoms with van der Waals surface area (Å²) in [6, 6.07) is 32.2. The van der Waals surface area contributed by atoms with Gasteiger partial charge in [-0.3, -0.25) is 4.99 Å². The molecule has 0 N–H and O–H groups in total. The van der Waals surface area contributed by atoms with Crippen LogP contribution >= 0.6 is 11.3 Å². The molecule has 0 saturated carbocycles. The molecule has 0 aliphatic rings. The zero-order valence-corrected chi connectivity index (χ0v) is 16.6. The van der Waals surface area contributed by atoms with Crippen molar-refractivity contribution in [2.45, 2.75) is 6.67 Å². The Kier molecular flexibility index (Phi) is 3.74. The van der Waals surface area contributed by atoms with E-state index in [4.69, 9.17) is 4.99 Å². The first kappa shape index (κ1) is 16.5. The van der Waals surface area contributed by atoms with Gasteiger partial charge in [-0.2, -0.15) is 0 Å². The largest absolute Gasteiger partial charge is 0.319 e. The standard InChI is InChI=1S/C26H18N2S/c1-2-8-18(9-3-1)16-27-17-28-23-12-6-4-10-19(23)21-14-15-22-20-11-5-7-13-24(20)29-26(22)25(21)28/h1-16H,17H2. The SMILES string of the molecule is C(=NCn1c2ccccc2c2ccc3c4ccccc4sc3c21)c1ccccc1. The zero-order chi connectivity index (χ0) is 19.2. The maximum absolute atomic E-state index is 4.79. The Morgan fingerprint density at radius 2 is 1.41 bits per heavy atom. The first-order valence-electron chi connectivity index (χ1n) is 9.76. The van der Waals surface area contributed by atoms with Gasteiger partial charge in [0.1, 0.15) is 6.67 Å². The van der Waals surface area contributed by atoms with Crippen molar-refractivity contribution in [1.82, 2.24) is 4.57 Å². The molecule has 2 nitrogen and oxygen atoms in total. The van der Waals surface area contributed by atoms with Gasteiger partial charge in [-0.05, 0) is 17.7 Å². The number of fused-ring (bicyclic) bond motifs is 7. The Bertz CT molecular complexity index is 1520. The molecule has 6 rings (SSSR count). The lowest BCUT2D eigenvalue weighted by Gasteiger charge is -2.05. The number of nitrogens with zero attached hydrogens (tertiary/aromatic N) is 2. The van der Waals surface area contributed by atoms with Crippen molar-refractivity contribution in [3.8, 4) is 0 Å². The smallest absolute Gasteiger partial charge is 0.115 e. The highest BCUT2D eigenvalue weighted by atomic mass is 32.1. The molecule has 0 atom stereocenters. The predicted octanol–water partition coefficient (Wildman–Crippen LogP) is 7.24. The van der Waals surface area contributed by atoms with E-state index in [2.05, 4.69) is 77.4 Å². The van der Waals surface area contributed by atoms with Crippen LogP contribution in [0.1, 0.15) is 5.56 Å². The van der Waals surface area contributed by atoms with E-state index in [1.807, 2.05) is 35.8 Å². The molecule has 0 aliphatic heterocycles. The van der Waals surface area contributed by atoms with Crippen molar-refractivity contribution < 1.29 is 0 Å². The van der Waals surface area contributed by atoms with Crippen molar-refractivity contribution >= 4 is 59.5 Å². The highest BCUT2D eigenvalue weighted by Gasteiger charge is 2.15. The second-order valence-corrected chi connectivity index (χ2v) is 8.30. The van der Waals surface area contributed by atoms with Gasteiger partial charge in [0.15, 0.2) is 0 Å². The van der Waals surface area contributed by atoms with E-state index in [0.29, 0.717) is 6.67 Å². The van der Waals surface area contributed by atoms with Crippen LogP contribution in [-0.2, 0) is 6.67 Å². The Morgan fingerprint density at radius 3 is 2.31 bits per heavy atom. The number of aliphatic imine (C=N–C) groups is 1. The molecule has 6 aromatic rings. The molecular formula is C26H18N2S. The van der Waals surface area contributed by atoms with Crippen LogP contribution in [0.4, 0.5) is 0 Å². The summed E-state index contributed by atoms with van der Waals surface area (Å²) in [6.07, 6.45) is 1.96. The van der Waals surface area contributed by atoms with E-state index in [1.54, 1.807) is 0 Å². The van der Waals surface area contributed by atoms with Crippen molar-refractivity contribution in [3.05, 3.63) is 96.6 Å². The van der Waals surface area contributed by atoms with Crippen LogP contribution in [0.25, 0.3) is 42.0 Å². The Morgan fingerprint density at radius 1 is 0.690 bits per heavy atom. The molecule has 3 heteroatoms. The molecule has 4 aromatic carbocycles. The van der Waals surface area contributed by atoms with Crippen molar-refractivity contribution in [2.24, 2.45) is 4.99 Å². The molecule has 2 aromatic heterocycles. The van der Waals surface area contributed by atoms with Crippen LogP contribution in [0.5, 0.6) is 0 Å². The lowest BCUT2D eigenvalue weighted by Crippen LogP contribution is -1.96. The topological polar surface area (TPSA) is 17.3 Å². The minimum Gasteiger partial charge on any atom is -0.319 e. The summed E-state index contributed by atoms with van der Waals surface area (Å²) < 4.78 is 5.04. The van der Waals surface area contributed by atoms with Crippen LogP contribution in [-0.4, -0.2) is 10.8 Å². The van der Waals surface area contributed by atoms with E-state index in [0.717, 1.165) is 5.56 Å². The number of thiophene rings is 1. The molecule has 0 amide bonds. The van der Waals surface area contributed by atoms with Crippen molar-refractivity contribution in [1.29, 1.82) is 0 Å². The van der Waals surface area contributed by atoms with Gasteiger partial charge < -0.3 is 4.57 Å². The lowest BCUT2D eigenvalue weighted by molar-refractivity contribution is 0.798. The van der Waals surface area contributed by atoms with Gasteiger partial charge in [0, 0.05) is 32.5 Å².